The molecule has 0 saturated carbocycles. The first-order valence-electron chi connectivity index (χ1n) is 7.66. The van der Waals surface area contributed by atoms with Gasteiger partial charge in [-0.15, -0.1) is 0 Å². The lowest BCUT2D eigenvalue weighted by Crippen LogP contribution is -2.24. The second-order valence-corrected chi connectivity index (χ2v) is 5.12. The van der Waals surface area contributed by atoms with E-state index in [1.165, 1.54) is 24.0 Å². The second-order valence-electron chi connectivity index (χ2n) is 5.12. The predicted molar refractivity (Wildman–Crippen MR) is 82.6 cm³/mol. The number of unbranched alkanes of at least 4 members (excludes halogenated alkanes) is 1. The summed E-state index contributed by atoms with van der Waals surface area (Å²) < 4.78 is 5.71. The molecule has 0 heterocycles. The standard InChI is InChI=1S/C17H29NO/c1-4-6-13-19-14-11-17(18-12-5-2)16-10-8-7-9-15(16)3/h7-10,17-18H,4-6,11-14H2,1-3H3. The first-order chi connectivity index (χ1) is 9.29. The highest BCUT2D eigenvalue weighted by atomic mass is 16.5. The topological polar surface area (TPSA) is 21.3 Å². The minimum Gasteiger partial charge on any atom is -0.381 e. The fourth-order valence-electron chi connectivity index (χ4n) is 2.21. The molecule has 0 saturated heterocycles. The SMILES string of the molecule is CCCCOCCC(NCCC)c1ccccc1C. The maximum Gasteiger partial charge on any atom is 0.0484 e. The van der Waals surface area contributed by atoms with E-state index in [1.54, 1.807) is 0 Å². The Balaban J connectivity index is 2.49. The van der Waals surface area contributed by atoms with Crippen molar-refractivity contribution in [3.63, 3.8) is 0 Å². The Morgan fingerprint density at radius 3 is 2.58 bits per heavy atom. The van der Waals surface area contributed by atoms with Gasteiger partial charge in [0.15, 0.2) is 0 Å². The van der Waals surface area contributed by atoms with E-state index < -0.39 is 0 Å². The van der Waals surface area contributed by atoms with Gasteiger partial charge >= 0.3 is 0 Å². The Morgan fingerprint density at radius 2 is 1.89 bits per heavy atom. The third-order valence-corrected chi connectivity index (χ3v) is 3.40. The van der Waals surface area contributed by atoms with E-state index in [4.69, 9.17) is 4.74 Å². The smallest absolute Gasteiger partial charge is 0.0484 e. The summed E-state index contributed by atoms with van der Waals surface area (Å²) in [5.41, 5.74) is 2.78. The van der Waals surface area contributed by atoms with Gasteiger partial charge in [0, 0.05) is 19.3 Å². The monoisotopic (exact) mass is 263 g/mol. The second kappa shape index (κ2) is 9.99. The molecule has 0 aromatic heterocycles. The summed E-state index contributed by atoms with van der Waals surface area (Å²) in [6.07, 6.45) is 4.58. The van der Waals surface area contributed by atoms with Crippen LogP contribution >= 0.6 is 0 Å². The van der Waals surface area contributed by atoms with Crippen molar-refractivity contribution in [1.82, 2.24) is 5.32 Å². The minimum atomic E-state index is 0.419. The molecule has 1 aromatic carbocycles. The molecule has 0 radical (unpaired) electrons. The summed E-state index contributed by atoms with van der Waals surface area (Å²) >= 11 is 0. The molecule has 1 N–H and O–H groups in total. The van der Waals surface area contributed by atoms with Crippen LogP contribution in [0.5, 0.6) is 0 Å². The van der Waals surface area contributed by atoms with Gasteiger partial charge < -0.3 is 10.1 Å². The van der Waals surface area contributed by atoms with E-state index in [0.717, 1.165) is 32.6 Å². The molecular formula is C17H29NO. The lowest BCUT2D eigenvalue weighted by Gasteiger charge is -2.21. The van der Waals surface area contributed by atoms with Crippen LogP contribution in [0.15, 0.2) is 24.3 Å². The van der Waals surface area contributed by atoms with Crippen LogP contribution in [-0.2, 0) is 4.74 Å². The van der Waals surface area contributed by atoms with E-state index in [0.29, 0.717) is 6.04 Å². The van der Waals surface area contributed by atoms with Gasteiger partial charge in [0.2, 0.25) is 0 Å². The van der Waals surface area contributed by atoms with E-state index in [2.05, 4.69) is 50.4 Å². The van der Waals surface area contributed by atoms with Crippen molar-refractivity contribution in [2.75, 3.05) is 19.8 Å². The fraction of sp³-hybridized carbons (Fsp3) is 0.647. The molecule has 0 spiro atoms. The number of hydrogen-bond acceptors (Lipinski definition) is 2. The van der Waals surface area contributed by atoms with Crippen LogP contribution < -0.4 is 5.32 Å². The zero-order chi connectivity index (χ0) is 13.9. The zero-order valence-corrected chi connectivity index (χ0v) is 12.7. The van der Waals surface area contributed by atoms with Crippen molar-refractivity contribution in [2.45, 2.75) is 52.5 Å². The molecule has 0 aliphatic rings. The number of ether oxygens (including phenoxy) is 1. The van der Waals surface area contributed by atoms with Crippen molar-refractivity contribution in [3.8, 4) is 0 Å². The number of rotatable bonds is 10. The molecule has 2 nitrogen and oxygen atoms in total. The molecule has 1 unspecified atom stereocenters. The summed E-state index contributed by atoms with van der Waals surface area (Å²) in [5.74, 6) is 0. The van der Waals surface area contributed by atoms with Gasteiger partial charge in [-0.1, -0.05) is 44.5 Å². The van der Waals surface area contributed by atoms with Gasteiger partial charge in [0.05, 0.1) is 0 Å². The number of aryl methyl sites for hydroxylation is 1. The Labute approximate surface area is 118 Å². The van der Waals surface area contributed by atoms with Crippen molar-refractivity contribution < 1.29 is 4.74 Å². The van der Waals surface area contributed by atoms with E-state index in [1.807, 2.05) is 0 Å². The van der Waals surface area contributed by atoms with Gasteiger partial charge in [-0.05, 0) is 43.9 Å². The van der Waals surface area contributed by atoms with Crippen LogP contribution in [0.4, 0.5) is 0 Å². The molecule has 0 aliphatic carbocycles. The molecule has 19 heavy (non-hydrogen) atoms. The van der Waals surface area contributed by atoms with E-state index in [-0.39, 0.29) is 0 Å². The lowest BCUT2D eigenvalue weighted by atomic mass is 9.99. The van der Waals surface area contributed by atoms with Crippen molar-refractivity contribution >= 4 is 0 Å². The van der Waals surface area contributed by atoms with Crippen LogP contribution in [0.25, 0.3) is 0 Å². The first-order valence-corrected chi connectivity index (χ1v) is 7.66. The van der Waals surface area contributed by atoms with Gasteiger partial charge in [-0.25, -0.2) is 0 Å². The van der Waals surface area contributed by atoms with Gasteiger partial charge in [0.25, 0.3) is 0 Å². The molecule has 0 bridgehead atoms. The van der Waals surface area contributed by atoms with Crippen molar-refractivity contribution in [3.05, 3.63) is 35.4 Å². The molecular weight excluding hydrogens is 234 g/mol. The normalized spacial score (nSPS) is 12.6. The number of benzene rings is 1. The Bertz CT molecular complexity index is 338. The third-order valence-electron chi connectivity index (χ3n) is 3.40. The molecule has 2 heteroatoms. The lowest BCUT2D eigenvalue weighted by molar-refractivity contribution is 0.121. The van der Waals surface area contributed by atoms with Crippen LogP contribution in [0.2, 0.25) is 0 Å². The largest absolute Gasteiger partial charge is 0.381 e. The zero-order valence-electron chi connectivity index (χ0n) is 12.7. The van der Waals surface area contributed by atoms with Crippen molar-refractivity contribution in [2.24, 2.45) is 0 Å². The van der Waals surface area contributed by atoms with Crippen LogP contribution in [0.3, 0.4) is 0 Å². The molecule has 0 amide bonds. The quantitative estimate of drug-likeness (QED) is 0.637. The molecule has 1 rings (SSSR count). The molecule has 1 atom stereocenters. The molecule has 108 valence electrons. The highest BCUT2D eigenvalue weighted by Crippen LogP contribution is 2.20. The average molecular weight is 263 g/mol. The van der Waals surface area contributed by atoms with Crippen LogP contribution in [0.1, 0.15) is 56.7 Å². The Hall–Kier alpha value is -0.860. The summed E-state index contributed by atoms with van der Waals surface area (Å²) in [4.78, 5) is 0. The summed E-state index contributed by atoms with van der Waals surface area (Å²) in [6.45, 7) is 9.39. The van der Waals surface area contributed by atoms with E-state index >= 15 is 0 Å². The van der Waals surface area contributed by atoms with Crippen molar-refractivity contribution in [1.29, 1.82) is 0 Å². The minimum absolute atomic E-state index is 0.419. The molecule has 1 aromatic rings. The Kier molecular flexibility index (Phi) is 8.52. The average Bonchev–Trinajstić information content (AvgIpc) is 2.43. The summed E-state index contributed by atoms with van der Waals surface area (Å²) in [6, 6.07) is 9.07. The molecule has 0 aliphatic heterocycles. The number of nitrogens with one attached hydrogen (secondary N) is 1. The number of hydrogen-bond donors (Lipinski definition) is 1. The van der Waals surface area contributed by atoms with E-state index in [9.17, 15) is 0 Å². The fourth-order valence-corrected chi connectivity index (χ4v) is 2.21. The first kappa shape index (κ1) is 16.2. The summed E-state index contributed by atoms with van der Waals surface area (Å²) in [5, 5.41) is 3.64. The maximum absolute atomic E-state index is 5.71. The maximum atomic E-state index is 5.71. The van der Waals surface area contributed by atoms with Gasteiger partial charge in [-0.2, -0.15) is 0 Å². The van der Waals surface area contributed by atoms with Crippen LogP contribution in [-0.4, -0.2) is 19.8 Å². The summed E-state index contributed by atoms with van der Waals surface area (Å²) in [7, 11) is 0. The third kappa shape index (κ3) is 6.22. The highest BCUT2D eigenvalue weighted by Gasteiger charge is 2.12. The predicted octanol–water partition coefficient (Wildman–Crippen LogP) is 4.24. The van der Waals surface area contributed by atoms with Gasteiger partial charge in [-0.3, -0.25) is 0 Å². The molecule has 0 fully saturated rings. The van der Waals surface area contributed by atoms with Crippen LogP contribution in [0, 0.1) is 6.92 Å². The van der Waals surface area contributed by atoms with Gasteiger partial charge in [0.1, 0.15) is 0 Å². The highest BCUT2D eigenvalue weighted by molar-refractivity contribution is 5.28. The Morgan fingerprint density at radius 1 is 1.11 bits per heavy atom.